The van der Waals surface area contributed by atoms with E-state index >= 15 is 0 Å². The molecule has 2 rings (SSSR count). The van der Waals surface area contributed by atoms with Crippen molar-refractivity contribution in [3.8, 4) is 5.75 Å². The third kappa shape index (κ3) is 3.85. The standard InChI is InChI=1S/C19H26N2O4/c1-4-5-8-11-21-18(23)16(14-9-6-7-10-15(14)25-3)17(19(21)24)20(2)12-13-22/h6-7,9-10,22H,4-5,8,11-13H2,1-3H3. The van der Waals surface area contributed by atoms with Crippen molar-refractivity contribution in [3.63, 3.8) is 0 Å². The fraction of sp³-hybridized carbons (Fsp3) is 0.474. The summed E-state index contributed by atoms with van der Waals surface area (Å²) in [6, 6.07) is 7.18. The molecule has 0 unspecified atom stereocenters. The summed E-state index contributed by atoms with van der Waals surface area (Å²) in [6.45, 7) is 2.65. The molecule has 1 N–H and O–H groups in total. The molecule has 6 nitrogen and oxygen atoms in total. The van der Waals surface area contributed by atoms with Crippen LogP contribution in [0.25, 0.3) is 5.57 Å². The molecule has 0 atom stereocenters. The number of para-hydroxylation sites is 1. The van der Waals surface area contributed by atoms with E-state index < -0.39 is 0 Å². The number of benzene rings is 1. The second-order valence-corrected chi connectivity index (χ2v) is 6.04. The largest absolute Gasteiger partial charge is 0.496 e. The van der Waals surface area contributed by atoms with E-state index in [-0.39, 0.29) is 25.0 Å². The summed E-state index contributed by atoms with van der Waals surface area (Å²) in [5.41, 5.74) is 1.26. The number of imide groups is 1. The first kappa shape index (κ1) is 19.0. The molecule has 0 bridgehead atoms. The van der Waals surface area contributed by atoms with Gasteiger partial charge in [-0.3, -0.25) is 14.5 Å². The second kappa shape index (κ2) is 8.67. The Bertz CT molecular complexity index is 669. The number of ether oxygens (including phenoxy) is 1. The molecule has 1 aliphatic heterocycles. The number of nitrogens with zero attached hydrogens (tertiary/aromatic N) is 2. The Balaban J connectivity index is 2.48. The third-order valence-corrected chi connectivity index (χ3v) is 4.32. The number of unbranched alkanes of at least 4 members (excludes halogenated alkanes) is 2. The van der Waals surface area contributed by atoms with Gasteiger partial charge >= 0.3 is 0 Å². The van der Waals surface area contributed by atoms with Gasteiger partial charge in [-0.15, -0.1) is 0 Å². The van der Waals surface area contributed by atoms with Crippen LogP contribution >= 0.6 is 0 Å². The van der Waals surface area contributed by atoms with Crippen molar-refractivity contribution in [2.24, 2.45) is 0 Å². The Labute approximate surface area is 148 Å². The van der Waals surface area contributed by atoms with E-state index in [0.29, 0.717) is 29.1 Å². The molecule has 25 heavy (non-hydrogen) atoms. The average Bonchev–Trinajstić information content (AvgIpc) is 2.86. The van der Waals surface area contributed by atoms with Crippen LogP contribution in [0.3, 0.4) is 0 Å². The minimum Gasteiger partial charge on any atom is -0.496 e. The van der Waals surface area contributed by atoms with Gasteiger partial charge < -0.3 is 14.7 Å². The van der Waals surface area contributed by atoms with E-state index in [9.17, 15) is 14.7 Å². The molecule has 0 radical (unpaired) electrons. The van der Waals surface area contributed by atoms with Crippen LogP contribution in [0.5, 0.6) is 5.75 Å². The Morgan fingerprint density at radius 1 is 1.16 bits per heavy atom. The Kier molecular flexibility index (Phi) is 6.58. The van der Waals surface area contributed by atoms with Crippen molar-refractivity contribution in [2.45, 2.75) is 26.2 Å². The monoisotopic (exact) mass is 346 g/mol. The van der Waals surface area contributed by atoms with Gasteiger partial charge in [-0.25, -0.2) is 0 Å². The summed E-state index contributed by atoms with van der Waals surface area (Å²) in [4.78, 5) is 28.8. The van der Waals surface area contributed by atoms with Gasteiger partial charge in [0.25, 0.3) is 11.8 Å². The third-order valence-electron chi connectivity index (χ3n) is 4.32. The van der Waals surface area contributed by atoms with Gasteiger partial charge in [-0.2, -0.15) is 0 Å². The Morgan fingerprint density at radius 3 is 2.52 bits per heavy atom. The highest BCUT2D eigenvalue weighted by molar-refractivity contribution is 6.36. The van der Waals surface area contributed by atoms with E-state index in [0.717, 1.165) is 19.3 Å². The summed E-state index contributed by atoms with van der Waals surface area (Å²) in [7, 11) is 3.25. The highest BCUT2D eigenvalue weighted by Gasteiger charge is 2.41. The lowest BCUT2D eigenvalue weighted by Gasteiger charge is -2.20. The lowest BCUT2D eigenvalue weighted by molar-refractivity contribution is -0.137. The molecule has 1 aromatic carbocycles. The van der Waals surface area contributed by atoms with Gasteiger partial charge in [-0.05, 0) is 12.5 Å². The topological polar surface area (TPSA) is 70.1 Å². The minimum absolute atomic E-state index is 0.101. The molecule has 6 heteroatoms. The number of rotatable bonds is 9. The lowest BCUT2D eigenvalue weighted by atomic mass is 10.0. The van der Waals surface area contributed by atoms with E-state index in [4.69, 9.17) is 4.74 Å². The quantitative estimate of drug-likeness (QED) is 0.546. The number of hydrogen-bond acceptors (Lipinski definition) is 5. The van der Waals surface area contributed by atoms with Gasteiger partial charge in [0, 0.05) is 25.7 Å². The number of amides is 2. The van der Waals surface area contributed by atoms with Crippen LogP contribution in [-0.4, -0.2) is 60.6 Å². The second-order valence-electron chi connectivity index (χ2n) is 6.04. The van der Waals surface area contributed by atoms with E-state index in [1.807, 2.05) is 12.1 Å². The number of aliphatic hydroxyl groups is 1. The van der Waals surface area contributed by atoms with Crippen molar-refractivity contribution >= 4 is 17.4 Å². The molecular weight excluding hydrogens is 320 g/mol. The minimum atomic E-state index is -0.307. The number of methoxy groups -OCH3 is 1. The van der Waals surface area contributed by atoms with Crippen molar-refractivity contribution in [1.82, 2.24) is 9.80 Å². The molecule has 0 spiro atoms. The van der Waals surface area contributed by atoms with Crippen LogP contribution in [0.15, 0.2) is 30.0 Å². The summed E-state index contributed by atoms with van der Waals surface area (Å²) in [5, 5.41) is 9.25. The Hall–Kier alpha value is -2.34. The van der Waals surface area contributed by atoms with Crippen molar-refractivity contribution in [2.75, 3.05) is 33.9 Å². The maximum absolute atomic E-state index is 13.0. The van der Waals surface area contributed by atoms with Gasteiger partial charge in [0.15, 0.2) is 0 Å². The predicted octanol–water partition coefficient (Wildman–Crippen LogP) is 1.89. The number of aliphatic hydroxyl groups excluding tert-OH is 1. The van der Waals surface area contributed by atoms with Crippen LogP contribution in [0, 0.1) is 0 Å². The molecule has 0 saturated heterocycles. The number of likely N-dealkylation sites (N-methyl/N-ethyl adjacent to an activating group) is 1. The SMILES string of the molecule is CCCCCN1C(=O)C(c2ccccc2OC)=C(N(C)CCO)C1=O. The maximum atomic E-state index is 13.0. The maximum Gasteiger partial charge on any atom is 0.277 e. The summed E-state index contributed by atoms with van der Waals surface area (Å²) >= 11 is 0. The van der Waals surface area contributed by atoms with Crippen LogP contribution in [0.1, 0.15) is 31.7 Å². The first-order chi connectivity index (χ1) is 12.1. The van der Waals surface area contributed by atoms with Crippen molar-refractivity contribution in [3.05, 3.63) is 35.5 Å². The zero-order valence-electron chi connectivity index (χ0n) is 15.1. The molecule has 0 aliphatic carbocycles. The van der Waals surface area contributed by atoms with Crippen LogP contribution < -0.4 is 4.74 Å². The lowest BCUT2D eigenvalue weighted by Crippen LogP contribution is -2.35. The molecule has 0 saturated carbocycles. The average molecular weight is 346 g/mol. The predicted molar refractivity (Wildman–Crippen MR) is 95.9 cm³/mol. The first-order valence-electron chi connectivity index (χ1n) is 8.62. The van der Waals surface area contributed by atoms with Gasteiger partial charge in [-0.1, -0.05) is 38.0 Å². The fourth-order valence-electron chi connectivity index (χ4n) is 3.00. The summed E-state index contributed by atoms with van der Waals surface area (Å²) in [6.07, 6.45) is 2.76. The summed E-state index contributed by atoms with van der Waals surface area (Å²) in [5.74, 6) is -0.0627. The molecule has 1 heterocycles. The van der Waals surface area contributed by atoms with Gasteiger partial charge in [0.2, 0.25) is 0 Å². The molecule has 1 aliphatic rings. The molecule has 2 amide bonds. The number of carbonyl (C=O) groups excluding carboxylic acids is 2. The van der Waals surface area contributed by atoms with Crippen molar-refractivity contribution < 1.29 is 19.4 Å². The smallest absolute Gasteiger partial charge is 0.277 e. The van der Waals surface area contributed by atoms with Crippen LogP contribution in [0.4, 0.5) is 0 Å². The van der Waals surface area contributed by atoms with E-state index in [1.165, 1.54) is 12.0 Å². The Morgan fingerprint density at radius 2 is 1.88 bits per heavy atom. The van der Waals surface area contributed by atoms with Crippen LogP contribution in [-0.2, 0) is 9.59 Å². The zero-order valence-corrected chi connectivity index (χ0v) is 15.1. The molecule has 136 valence electrons. The normalized spacial score (nSPS) is 14.5. The van der Waals surface area contributed by atoms with Gasteiger partial charge in [0.1, 0.15) is 11.4 Å². The number of carbonyl (C=O) groups is 2. The molecule has 0 aromatic heterocycles. The number of hydrogen-bond donors (Lipinski definition) is 1. The summed E-state index contributed by atoms with van der Waals surface area (Å²) < 4.78 is 5.38. The van der Waals surface area contributed by atoms with Crippen LogP contribution in [0.2, 0.25) is 0 Å². The fourth-order valence-corrected chi connectivity index (χ4v) is 3.00. The van der Waals surface area contributed by atoms with E-state index in [2.05, 4.69) is 6.92 Å². The highest BCUT2D eigenvalue weighted by atomic mass is 16.5. The highest BCUT2D eigenvalue weighted by Crippen LogP contribution is 2.35. The first-order valence-corrected chi connectivity index (χ1v) is 8.62. The molecule has 0 fully saturated rings. The van der Waals surface area contributed by atoms with E-state index in [1.54, 1.807) is 24.1 Å². The zero-order chi connectivity index (χ0) is 18.4. The van der Waals surface area contributed by atoms with Crippen molar-refractivity contribution in [1.29, 1.82) is 0 Å². The molecule has 1 aromatic rings. The van der Waals surface area contributed by atoms with Gasteiger partial charge in [0.05, 0.1) is 19.3 Å². The molecular formula is C19H26N2O4.